The van der Waals surface area contributed by atoms with E-state index in [4.69, 9.17) is 0 Å². The maximum absolute atomic E-state index is 2.41. The molecule has 0 bridgehead atoms. The molecule has 0 aromatic carbocycles. The Balaban J connectivity index is 2.16. The summed E-state index contributed by atoms with van der Waals surface area (Å²) >= 11 is 0. The molecule has 90 valence electrons. The minimum Gasteiger partial charge on any atom is -0.0882 e. The summed E-state index contributed by atoms with van der Waals surface area (Å²) in [4.78, 5) is 0. The standard InChI is InChI=1S/C16H26/c1-2-3-4-5-7-10-13-16-14-11-8-6-9-12-15-16/h6,8,10,13,15H,2-5,7,9,11-12,14H2,1H3/b8-6-,13-10?,16-15-. The van der Waals surface area contributed by atoms with Crippen molar-refractivity contribution < 1.29 is 0 Å². The van der Waals surface area contributed by atoms with Crippen LogP contribution >= 0.6 is 0 Å². The summed E-state index contributed by atoms with van der Waals surface area (Å²) in [5, 5.41) is 0. The molecule has 0 radical (unpaired) electrons. The van der Waals surface area contributed by atoms with Crippen molar-refractivity contribution in [3.05, 3.63) is 36.0 Å². The van der Waals surface area contributed by atoms with Crippen LogP contribution in [-0.4, -0.2) is 0 Å². The third-order valence-corrected chi connectivity index (χ3v) is 3.06. The van der Waals surface area contributed by atoms with Crippen LogP contribution in [0, 0.1) is 0 Å². The molecular formula is C16H26. The molecule has 0 saturated carbocycles. The minimum atomic E-state index is 1.21. The van der Waals surface area contributed by atoms with Crippen LogP contribution in [0.15, 0.2) is 36.0 Å². The molecule has 16 heavy (non-hydrogen) atoms. The number of rotatable bonds is 6. The molecule has 0 spiro atoms. The second-order valence-corrected chi connectivity index (χ2v) is 4.62. The molecule has 0 heteroatoms. The van der Waals surface area contributed by atoms with Crippen LogP contribution in [0.4, 0.5) is 0 Å². The summed E-state index contributed by atoms with van der Waals surface area (Å²) in [5.74, 6) is 0. The van der Waals surface area contributed by atoms with Crippen molar-refractivity contribution in [1.29, 1.82) is 0 Å². The van der Waals surface area contributed by atoms with Crippen LogP contribution < -0.4 is 0 Å². The molecule has 0 heterocycles. The molecule has 1 aliphatic rings. The first kappa shape index (κ1) is 13.3. The average Bonchev–Trinajstić information content (AvgIpc) is 2.25. The predicted molar refractivity (Wildman–Crippen MR) is 73.6 cm³/mol. The Morgan fingerprint density at radius 1 is 1.06 bits per heavy atom. The predicted octanol–water partition coefficient (Wildman–Crippen LogP) is 5.57. The fraction of sp³-hybridized carbons (Fsp3) is 0.625. The van der Waals surface area contributed by atoms with E-state index >= 15 is 0 Å². The van der Waals surface area contributed by atoms with Gasteiger partial charge < -0.3 is 0 Å². The lowest BCUT2D eigenvalue weighted by molar-refractivity contribution is 0.674. The zero-order valence-corrected chi connectivity index (χ0v) is 10.8. The Morgan fingerprint density at radius 2 is 1.94 bits per heavy atom. The molecule has 0 unspecified atom stereocenters. The van der Waals surface area contributed by atoms with Gasteiger partial charge in [0.25, 0.3) is 0 Å². The Bertz CT molecular complexity index is 243. The molecule has 0 aromatic rings. The molecule has 1 aliphatic carbocycles. The molecule has 0 aromatic heterocycles. The summed E-state index contributed by atoms with van der Waals surface area (Å²) in [6, 6.07) is 0. The van der Waals surface area contributed by atoms with Crippen LogP contribution in [0.2, 0.25) is 0 Å². The number of hydrogen-bond acceptors (Lipinski definition) is 0. The van der Waals surface area contributed by atoms with Gasteiger partial charge in [0.15, 0.2) is 0 Å². The third-order valence-electron chi connectivity index (χ3n) is 3.06. The fourth-order valence-electron chi connectivity index (χ4n) is 2.03. The molecule has 1 rings (SSSR count). The molecule has 0 aliphatic heterocycles. The Labute approximate surface area is 101 Å². The van der Waals surface area contributed by atoms with E-state index in [0.29, 0.717) is 0 Å². The normalized spacial score (nSPS) is 22.4. The van der Waals surface area contributed by atoms with Gasteiger partial charge in [-0.05, 0) is 38.5 Å². The summed E-state index contributed by atoms with van der Waals surface area (Å²) in [5.41, 5.74) is 1.54. The molecule has 0 amide bonds. The largest absolute Gasteiger partial charge is 0.0882 e. The topological polar surface area (TPSA) is 0 Å². The summed E-state index contributed by atoms with van der Waals surface area (Å²) in [7, 11) is 0. The van der Waals surface area contributed by atoms with Gasteiger partial charge in [-0.3, -0.25) is 0 Å². The van der Waals surface area contributed by atoms with E-state index in [1.165, 1.54) is 57.8 Å². The Kier molecular flexibility index (Phi) is 7.84. The maximum atomic E-state index is 2.41. The molecular weight excluding hydrogens is 192 g/mol. The first-order valence-corrected chi connectivity index (χ1v) is 6.94. The lowest BCUT2D eigenvalue weighted by Gasteiger charge is -2.03. The van der Waals surface area contributed by atoms with Crippen LogP contribution in [0.3, 0.4) is 0 Å². The van der Waals surface area contributed by atoms with E-state index < -0.39 is 0 Å². The van der Waals surface area contributed by atoms with E-state index in [0.717, 1.165) is 0 Å². The molecule has 0 nitrogen and oxygen atoms in total. The third kappa shape index (κ3) is 6.66. The molecule has 0 N–H and O–H groups in total. The highest BCUT2D eigenvalue weighted by molar-refractivity contribution is 5.20. The van der Waals surface area contributed by atoms with Crippen molar-refractivity contribution in [2.24, 2.45) is 0 Å². The minimum absolute atomic E-state index is 1.21. The average molecular weight is 218 g/mol. The monoisotopic (exact) mass is 218 g/mol. The van der Waals surface area contributed by atoms with Gasteiger partial charge in [0.05, 0.1) is 0 Å². The lowest BCUT2D eigenvalue weighted by Crippen LogP contribution is -1.83. The molecule has 0 saturated heterocycles. The highest BCUT2D eigenvalue weighted by Crippen LogP contribution is 2.14. The highest BCUT2D eigenvalue weighted by Gasteiger charge is 1.94. The van der Waals surface area contributed by atoms with Gasteiger partial charge in [-0.25, -0.2) is 0 Å². The van der Waals surface area contributed by atoms with Gasteiger partial charge in [0.2, 0.25) is 0 Å². The van der Waals surface area contributed by atoms with E-state index in [2.05, 4.69) is 37.3 Å². The fourth-order valence-corrected chi connectivity index (χ4v) is 2.03. The molecule has 0 fully saturated rings. The van der Waals surface area contributed by atoms with Crippen LogP contribution in [0.5, 0.6) is 0 Å². The van der Waals surface area contributed by atoms with E-state index in [1.54, 1.807) is 5.57 Å². The van der Waals surface area contributed by atoms with Crippen molar-refractivity contribution in [3.8, 4) is 0 Å². The highest BCUT2D eigenvalue weighted by atomic mass is 14.0. The van der Waals surface area contributed by atoms with Gasteiger partial charge in [0.1, 0.15) is 0 Å². The lowest BCUT2D eigenvalue weighted by atomic mass is 10.0. The van der Waals surface area contributed by atoms with E-state index in [-0.39, 0.29) is 0 Å². The van der Waals surface area contributed by atoms with Crippen molar-refractivity contribution >= 4 is 0 Å². The number of unbranched alkanes of at least 4 members (excludes halogenated alkanes) is 4. The van der Waals surface area contributed by atoms with Crippen molar-refractivity contribution in [2.45, 2.75) is 64.7 Å². The maximum Gasteiger partial charge on any atom is -0.0247 e. The van der Waals surface area contributed by atoms with Crippen molar-refractivity contribution in [3.63, 3.8) is 0 Å². The summed E-state index contributed by atoms with van der Waals surface area (Å²) in [6.45, 7) is 2.27. The number of allylic oxidation sites excluding steroid dienone is 6. The zero-order chi connectivity index (χ0) is 11.5. The van der Waals surface area contributed by atoms with Gasteiger partial charge in [-0.2, -0.15) is 0 Å². The smallest absolute Gasteiger partial charge is 0.0247 e. The Hall–Kier alpha value is -0.780. The van der Waals surface area contributed by atoms with Crippen LogP contribution in [0.25, 0.3) is 0 Å². The van der Waals surface area contributed by atoms with Gasteiger partial charge in [0, 0.05) is 0 Å². The van der Waals surface area contributed by atoms with Crippen molar-refractivity contribution in [2.75, 3.05) is 0 Å². The van der Waals surface area contributed by atoms with Crippen LogP contribution in [-0.2, 0) is 0 Å². The SMILES string of the molecule is CCCCCCC=C/C1=C/CC/C=C\CC1. The first-order valence-electron chi connectivity index (χ1n) is 6.94. The van der Waals surface area contributed by atoms with E-state index in [9.17, 15) is 0 Å². The summed E-state index contributed by atoms with van der Waals surface area (Å²) in [6.07, 6.45) is 23.4. The van der Waals surface area contributed by atoms with Gasteiger partial charge in [-0.1, -0.05) is 62.1 Å². The van der Waals surface area contributed by atoms with Crippen LogP contribution in [0.1, 0.15) is 64.7 Å². The summed E-state index contributed by atoms with van der Waals surface area (Å²) < 4.78 is 0. The van der Waals surface area contributed by atoms with Gasteiger partial charge >= 0.3 is 0 Å². The second kappa shape index (κ2) is 9.45. The van der Waals surface area contributed by atoms with Gasteiger partial charge in [-0.15, -0.1) is 0 Å². The zero-order valence-electron chi connectivity index (χ0n) is 10.8. The molecule has 0 atom stereocenters. The Morgan fingerprint density at radius 3 is 2.81 bits per heavy atom. The second-order valence-electron chi connectivity index (χ2n) is 4.62. The van der Waals surface area contributed by atoms with E-state index in [1.807, 2.05) is 0 Å². The first-order chi connectivity index (χ1) is 7.93. The van der Waals surface area contributed by atoms with Crippen molar-refractivity contribution in [1.82, 2.24) is 0 Å². The number of hydrogen-bond donors (Lipinski definition) is 0. The quantitative estimate of drug-likeness (QED) is 0.404.